The van der Waals surface area contributed by atoms with Crippen LogP contribution < -0.4 is 5.32 Å². The van der Waals surface area contributed by atoms with Crippen LogP contribution in [0.3, 0.4) is 0 Å². The molecule has 0 aromatic rings. The van der Waals surface area contributed by atoms with Gasteiger partial charge in [-0.3, -0.25) is 9.59 Å². The fourth-order valence-electron chi connectivity index (χ4n) is 1.27. The Morgan fingerprint density at radius 1 is 1.57 bits per heavy atom. The molecule has 1 rings (SSSR count). The van der Waals surface area contributed by atoms with Crippen LogP contribution in [0, 0.1) is 0 Å². The first-order valence-electron chi connectivity index (χ1n) is 4.79. The third-order valence-corrected chi connectivity index (χ3v) is 3.31. The van der Waals surface area contributed by atoms with Crippen LogP contribution in [0.25, 0.3) is 0 Å². The Balaban J connectivity index is 2.17. The molecule has 80 valence electrons. The SMILES string of the molecule is CCOC(=O)CNC(=O)C1CCCS1. The molecule has 14 heavy (non-hydrogen) atoms. The van der Waals surface area contributed by atoms with Crippen LogP contribution in [-0.4, -0.2) is 36.0 Å². The lowest BCUT2D eigenvalue weighted by Gasteiger charge is -2.08. The van der Waals surface area contributed by atoms with Gasteiger partial charge in [0.2, 0.25) is 5.91 Å². The highest BCUT2D eigenvalue weighted by molar-refractivity contribution is 8.00. The molecule has 1 atom stereocenters. The number of nitrogens with one attached hydrogen (secondary N) is 1. The number of ether oxygens (including phenoxy) is 1. The van der Waals surface area contributed by atoms with Gasteiger partial charge in [0, 0.05) is 0 Å². The Hall–Kier alpha value is -0.710. The van der Waals surface area contributed by atoms with Crippen molar-refractivity contribution >= 4 is 23.6 Å². The topological polar surface area (TPSA) is 55.4 Å². The summed E-state index contributed by atoms with van der Waals surface area (Å²) in [6.45, 7) is 2.09. The normalized spacial score (nSPS) is 20.5. The fourth-order valence-corrected chi connectivity index (χ4v) is 2.46. The first-order chi connectivity index (χ1) is 6.74. The summed E-state index contributed by atoms with van der Waals surface area (Å²) in [4.78, 5) is 22.3. The summed E-state index contributed by atoms with van der Waals surface area (Å²) in [6.07, 6.45) is 2.00. The summed E-state index contributed by atoms with van der Waals surface area (Å²) in [5, 5.41) is 2.61. The smallest absolute Gasteiger partial charge is 0.325 e. The molecule has 1 N–H and O–H groups in total. The first-order valence-corrected chi connectivity index (χ1v) is 5.84. The molecule has 1 saturated heterocycles. The maximum Gasteiger partial charge on any atom is 0.325 e. The summed E-state index contributed by atoms with van der Waals surface area (Å²) in [7, 11) is 0. The van der Waals surface area contributed by atoms with E-state index in [4.69, 9.17) is 4.74 Å². The van der Waals surface area contributed by atoms with Crippen molar-refractivity contribution in [3.05, 3.63) is 0 Å². The van der Waals surface area contributed by atoms with E-state index in [-0.39, 0.29) is 23.7 Å². The molecular weight excluding hydrogens is 202 g/mol. The molecule has 1 amide bonds. The van der Waals surface area contributed by atoms with Gasteiger partial charge in [-0.05, 0) is 25.5 Å². The highest BCUT2D eigenvalue weighted by Crippen LogP contribution is 2.25. The molecule has 0 aliphatic carbocycles. The zero-order valence-electron chi connectivity index (χ0n) is 8.25. The number of esters is 1. The molecule has 0 radical (unpaired) electrons. The number of carbonyl (C=O) groups is 2. The molecule has 1 unspecified atom stereocenters. The van der Waals surface area contributed by atoms with Gasteiger partial charge in [0.15, 0.2) is 0 Å². The van der Waals surface area contributed by atoms with Gasteiger partial charge in [0.1, 0.15) is 6.54 Å². The second kappa shape index (κ2) is 5.90. The first kappa shape index (κ1) is 11.4. The molecule has 1 aliphatic heterocycles. The molecule has 0 aromatic carbocycles. The predicted octanol–water partition coefficient (Wildman–Crippen LogP) is 0.561. The van der Waals surface area contributed by atoms with Crippen LogP contribution in [0.5, 0.6) is 0 Å². The van der Waals surface area contributed by atoms with E-state index in [9.17, 15) is 9.59 Å². The molecule has 4 nitrogen and oxygen atoms in total. The maximum absolute atomic E-state index is 11.4. The summed E-state index contributed by atoms with van der Waals surface area (Å²) in [5.74, 6) is 0.627. The summed E-state index contributed by atoms with van der Waals surface area (Å²) in [6, 6.07) is 0. The van der Waals surface area contributed by atoms with Crippen LogP contribution in [0.1, 0.15) is 19.8 Å². The fraction of sp³-hybridized carbons (Fsp3) is 0.778. The van der Waals surface area contributed by atoms with E-state index in [1.165, 1.54) is 0 Å². The minimum Gasteiger partial charge on any atom is -0.465 e. The largest absolute Gasteiger partial charge is 0.465 e. The lowest BCUT2D eigenvalue weighted by atomic mass is 10.2. The maximum atomic E-state index is 11.4. The van der Waals surface area contributed by atoms with E-state index < -0.39 is 0 Å². The number of amides is 1. The Kier molecular flexibility index (Phi) is 4.79. The molecule has 5 heteroatoms. The summed E-state index contributed by atoms with van der Waals surface area (Å²) in [5.41, 5.74) is 0. The standard InChI is InChI=1S/C9H15NO3S/c1-2-13-8(11)6-10-9(12)7-4-3-5-14-7/h7H,2-6H2,1H3,(H,10,12). The lowest BCUT2D eigenvalue weighted by Crippen LogP contribution is -2.35. The number of thioether (sulfide) groups is 1. The van der Waals surface area contributed by atoms with Crippen molar-refractivity contribution in [2.24, 2.45) is 0 Å². The van der Waals surface area contributed by atoms with Crippen molar-refractivity contribution in [2.45, 2.75) is 25.0 Å². The van der Waals surface area contributed by atoms with Gasteiger partial charge >= 0.3 is 5.97 Å². The number of hydrogen-bond donors (Lipinski definition) is 1. The molecule has 0 aromatic heterocycles. The molecule has 1 fully saturated rings. The minimum absolute atomic E-state index is 0.0102. The van der Waals surface area contributed by atoms with E-state index >= 15 is 0 Å². The zero-order valence-corrected chi connectivity index (χ0v) is 9.06. The van der Waals surface area contributed by atoms with Crippen molar-refractivity contribution < 1.29 is 14.3 Å². The van der Waals surface area contributed by atoms with Gasteiger partial charge in [-0.1, -0.05) is 0 Å². The van der Waals surface area contributed by atoms with E-state index in [1.54, 1.807) is 18.7 Å². The van der Waals surface area contributed by atoms with Crippen LogP contribution in [0.2, 0.25) is 0 Å². The van der Waals surface area contributed by atoms with E-state index in [0.29, 0.717) is 6.61 Å². The predicted molar refractivity (Wildman–Crippen MR) is 55.1 cm³/mol. The zero-order chi connectivity index (χ0) is 10.4. The van der Waals surface area contributed by atoms with E-state index in [1.807, 2.05) is 0 Å². The lowest BCUT2D eigenvalue weighted by molar-refractivity contribution is -0.143. The van der Waals surface area contributed by atoms with Crippen molar-refractivity contribution in [1.29, 1.82) is 0 Å². The number of carbonyl (C=O) groups excluding carboxylic acids is 2. The van der Waals surface area contributed by atoms with Crippen LogP contribution >= 0.6 is 11.8 Å². The van der Waals surface area contributed by atoms with Crippen molar-refractivity contribution in [3.8, 4) is 0 Å². The van der Waals surface area contributed by atoms with Gasteiger partial charge in [-0.25, -0.2) is 0 Å². The average molecular weight is 217 g/mol. The average Bonchev–Trinajstić information content (AvgIpc) is 2.67. The quantitative estimate of drug-likeness (QED) is 0.699. The van der Waals surface area contributed by atoms with Crippen LogP contribution in [0.15, 0.2) is 0 Å². The second-order valence-corrected chi connectivity index (χ2v) is 4.34. The van der Waals surface area contributed by atoms with Crippen LogP contribution in [-0.2, 0) is 14.3 Å². The van der Waals surface area contributed by atoms with Gasteiger partial charge in [-0.2, -0.15) is 0 Å². The van der Waals surface area contributed by atoms with Crippen molar-refractivity contribution in [1.82, 2.24) is 5.32 Å². The van der Waals surface area contributed by atoms with Crippen molar-refractivity contribution in [3.63, 3.8) is 0 Å². The molecule has 0 saturated carbocycles. The molecular formula is C9H15NO3S. The second-order valence-electron chi connectivity index (χ2n) is 3.02. The minimum atomic E-state index is -0.371. The van der Waals surface area contributed by atoms with Gasteiger partial charge < -0.3 is 10.1 Å². The van der Waals surface area contributed by atoms with Crippen LogP contribution in [0.4, 0.5) is 0 Å². The highest BCUT2D eigenvalue weighted by Gasteiger charge is 2.23. The van der Waals surface area contributed by atoms with Crippen molar-refractivity contribution in [2.75, 3.05) is 18.9 Å². The molecule has 1 aliphatic rings. The van der Waals surface area contributed by atoms with E-state index in [2.05, 4.69) is 5.32 Å². The Bertz CT molecular complexity index is 214. The third-order valence-electron chi connectivity index (χ3n) is 1.93. The molecule has 0 bridgehead atoms. The summed E-state index contributed by atoms with van der Waals surface area (Å²) < 4.78 is 4.69. The Labute approximate surface area is 87.8 Å². The van der Waals surface area contributed by atoms with Gasteiger partial charge in [-0.15, -0.1) is 11.8 Å². The number of hydrogen-bond acceptors (Lipinski definition) is 4. The Morgan fingerprint density at radius 3 is 2.93 bits per heavy atom. The third kappa shape index (κ3) is 3.57. The highest BCUT2D eigenvalue weighted by atomic mass is 32.2. The van der Waals surface area contributed by atoms with Gasteiger partial charge in [0.25, 0.3) is 0 Å². The Morgan fingerprint density at radius 2 is 2.36 bits per heavy atom. The number of rotatable bonds is 4. The van der Waals surface area contributed by atoms with Gasteiger partial charge in [0.05, 0.1) is 11.9 Å². The monoisotopic (exact) mass is 217 g/mol. The summed E-state index contributed by atoms with van der Waals surface area (Å²) >= 11 is 1.65. The van der Waals surface area contributed by atoms with E-state index in [0.717, 1.165) is 18.6 Å². The molecule has 0 spiro atoms. The molecule has 1 heterocycles.